The van der Waals surface area contributed by atoms with Crippen LogP contribution >= 0.6 is 0 Å². The minimum Gasteiger partial charge on any atom is -0.399 e. The van der Waals surface area contributed by atoms with E-state index in [4.69, 9.17) is 5.73 Å². The lowest BCUT2D eigenvalue weighted by atomic mass is 9.99. The molecule has 3 rings (SSSR count). The first-order chi connectivity index (χ1) is 13.5. The van der Waals surface area contributed by atoms with Crippen LogP contribution in [-0.4, -0.2) is 45.3 Å². The molecule has 1 fully saturated rings. The predicted molar refractivity (Wildman–Crippen MR) is 108 cm³/mol. The number of nitro benzene ring substituents is 1. The number of piperidine rings is 1. The normalized spacial score (nSPS) is 20.1. The summed E-state index contributed by atoms with van der Waals surface area (Å²) in [7, 11) is 0. The Labute approximate surface area is 163 Å². The van der Waals surface area contributed by atoms with Crippen LogP contribution in [0.5, 0.6) is 0 Å². The summed E-state index contributed by atoms with van der Waals surface area (Å²) in [6.07, 6.45) is 0.983. The van der Waals surface area contributed by atoms with Gasteiger partial charge in [0, 0.05) is 37.4 Å². The molecular formula is C20H26N4O4. The number of aliphatic hydroxyl groups excluding tert-OH is 2. The number of hydrogen-bond acceptors (Lipinski definition) is 7. The van der Waals surface area contributed by atoms with Gasteiger partial charge in [-0.1, -0.05) is 24.3 Å². The van der Waals surface area contributed by atoms with Gasteiger partial charge in [-0.15, -0.1) is 0 Å². The van der Waals surface area contributed by atoms with Gasteiger partial charge < -0.3 is 21.3 Å². The van der Waals surface area contributed by atoms with Crippen LogP contribution < -0.4 is 11.1 Å². The van der Waals surface area contributed by atoms with Gasteiger partial charge in [0.1, 0.15) is 5.69 Å². The summed E-state index contributed by atoms with van der Waals surface area (Å²) in [4.78, 5) is 12.9. The monoisotopic (exact) mass is 386 g/mol. The molecule has 8 heteroatoms. The summed E-state index contributed by atoms with van der Waals surface area (Å²) >= 11 is 0. The molecule has 2 unspecified atom stereocenters. The van der Waals surface area contributed by atoms with Gasteiger partial charge in [-0.2, -0.15) is 0 Å². The molecule has 0 saturated carbocycles. The zero-order valence-corrected chi connectivity index (χ0v) is 15.6. The van der Waals surface area contributed by atoms with Crippen LogP contribution in [-0.2, 0) is 13.1 Å². The maximum Gasteiger partial charge on any atom is 0.294 e. The van der Waals surface area contributed by atoms with Gasteiger partial charge in [-0.25, -0.2) is 0 Å². The van der Waals surface area contributed by atoms with Crippen molar-refractivity contribution in [1.82, 2.24) is 4.90 Å². The standard InChI is InChI=1S/C20H26N4O4/c21-16-5-6-19(20(9-16)24(27)28)22-11-14-1-3-15(4-2-14)12-23-8-7-18(26)10-17(23)13-25/h1-6,9,17-18,22,25-26H,7-8,10-13,21H2. The SMILES string of the molecule is Nc1ccc(NCc2ccc(CN3CCC(O)CC3CO)cc2)c([N+](=O)[O-])c1. The number of nitrogens with two attached hydrogens (primary N) is 1. The predicted octanol–water partition coefficient (Wildman–Crippen LogP) is 2.11. The van der Waals surface area contributed by atoms with Crippen molar-refractivity contribution in [2.45, 2.75) is 38.1 Å². The van der Waals surface area contributed by atoms with E-state index in [9.17, 15) is 20.3 Å². The van der Waals surface area contributed by atoms with Crippen molar-refractivity contribution in [2.24, 2.45) is 0 Å². The van der Waals surface area contributed by atoms with Crippen molar-refractivity contribution >= 4 is 17.1 Å². The zero-order chi connectivity index (χ0) is 20.1. The van der Waals surface area contributed by atoms with E-state index in [0.29, 0.717) is 24.3 Å². The number of hydrogen-bond donors (Lipinski definition) is 4. The van der Waals surface area contributed by atoms with Crippen molar-refractivity contribution in [2.75, 3.05) is 24.2 Å². The molecule has 2 aromatic rings. The third-order valence-corrected chi connectivity index (χ3v) is 5.13. The van der Waals surface area contributed by atoms with E-state index < -0.39 is 4.92 Å². The van der Waals surface area contributed by atoms with Crippen LogP contribution in [0.15, 0.2) is 42.5 Å². The van der Waals surface area contributed by atoms with E-state index in [1.54, 1.807) is 12.1 Å². The Hall–Kier alpha value is -2.68. The molecule has 0 aromatic heterocycles. The minimum atomic E-state index is -0.449. The first-order valence-electron chi connectivity index (χ1n) is 9.35. The number of rotatable bonds is 7. The molecule has 1 aliphatic heterocycles. The maximum absolute atomic E-state index is 11.2. The Kier molecular flexibility index (Phi) is 6.45. The fourth-order valence-electron chi connectivity index (χ4n) is 3.52. The minimum absolute atomic E-state index is 0.0174. The molecule has 0 aliphatic carbocycles. The topological polar surface area (TPSA) is 125 Å². The lowest BCUT2D eigenvalue weighted by molar-refractivity contribution is -0.383. The summed E-state index contributed by atoms with van der Waals surface area (Å²) in [5, 5.41) is 33.6. The summed E-state index contributed by atoms with van der Waals surface area (Å²) in [5.74, 6) is 0. The molecule has 1 aliphatic rings. The Morgan fingerprint density at radius 3 is 2.61 bits per heavy atom. The van der Waals surface area contributed by atoms with Gasteiger partial charge in [0.2, 0.25) is 0 Å². The highest BCUT2D eigenvalue weighted by molar-refractivity contribution is 5.66. The number of nitrogen functional groups attached to an aromatic ring is 1. The van der Waals surface area contributed by atoms with Crippen LogP contribution in [0.1, 0.15) is 24.0 Å². The van der Waals surface area contributed by atoms with Crippen LogP contribution in [0.2, 0.25) is 0 Å². The second kappa shape index (κ2) is 9.01. The highest BCUT2D eigenvalue weighted by Crippen LogP contribution is 2.27. The van der Waals surface area contributed by atoms with Crippen molar-refractivity contribution in [1.29, 1.82) is 0 Å². The van der Waals surface area contributed by atoms with Crippen LogP contribution in [0, 0.1) is 10.1 Å². The van der Waals surface area contributed by atoms with E-state index in [0.717, 1.165) is 30.6 Å². The molecule has 0 spiro atoms. The first kappa shape index (κ1) is 20.1. The van der Waals surface area contributed by atoms with Gasteiger partial charge in [-0.3, -0.25) is 15.0 Å². The van der Waals surface area contributed by atoms with E-state index in [2.05, 4.69) is 10.2 Å². The van der Waals surface area contributed by atoms with E-state index >= 15 is 0 Å². The fraction of sp³-hybridized carbons (Fsp3) is 0.400. The molecule has 1 heterocycles. The summed E-state index contributed by atoms with van der Waals surface area (Å²) in [5.41, 5.74) is 8.50. The molecular weight excluding hydrogens is 360 g/mol. The quantitative estimate of drug-likeness (QED) is 0.326. The van der Waals surface area contributed by atoms with Crippen molar-refractivity contribution in [3.8, 4) is 0 Å². The Bertz CT molecular complexity index is 812. The number of benzene rings is 2. The average molecular weight is 386 g/mol. The Balaban J connectivity index is 1.60. The molecule has 0 amide bonds. The van der Waals surface area contributed by atoms with E-state index in [-0.39, 0.29) is 24.4 Å². The molecule has 0 radical (unpaired) electrons. The van der Waals surface area contributed by atoms with Crippen molar-refractivity contribution in [3.05, 3.63) is 63.7 Å². The van der Waals surface area contributed by atoms with Crippen LogP contribution in [0.25, 0.3) is 0 Å². The second-order valence-electron chi connectivity index (χ2n) is 7.19. The third kappa shape index (κ3) is 4.98. The number of aliphatic hydroxyl groups is 2. The summed E-state index contributed by atoms with van der Waals surface area (Å²) in [6.45, 7) is 1.98. The average Bonchev–Trinajstić information content (AvgIpc) is 2.69. The molecule has 2 atom stereocenters. The van der Waals surface area contributed by atoms with E-state index in [1.807, 2.05) is 24.3 Å². The van der Waals surface area contributed by atoms with Gasteiger partial charge in [-0.05, 0) is 36.1 Å². The fourth-order valence-corrected chi connectivity index (χ4v) is 3.52. The molecule has 0 bridgehead atoms. The largest absolute Gasteiger partial charge is 0.399 e. The highest BCUT2D eigenvalue weighted by Gasteiger charge is 2.26. The lowest BCUT2D eigenvalue weighted by Gasteiger charge is -2.36. The van der Waals surface area contributed by atoms with Gasteiger partial charge in [0.15, 0.2) is 0 Å². The smallest absolute Gasteiger partial charge is 0.294 e. The third-order valence-electron chi connectivity index (χ3n) is 5.13. The molecule has 150 valence electrons. The Morgan fingerprint density at radius 1 is 1.21 bits per heavy atom. The first-order valence-corrected chi connectivity index (χ1v) is 9.35. The number of likely N-dealkylation sites (tertiary alicyclic amines) is 1. The lowest BCUT2D eigenvalue weighted by Crippen LogP contribution is -2.45. The van der Waals surface area contributed by atoms with E-state index in [1.165, 1.54) is 6.07 Å². The van der Waals surface area contributed by atoms with Crippen molar-refractivity contribution < 1.29 is 15.1 Å². The number of nitrogens with zero attached hydrogens (tertiary/aromatic N) is 2. The molecule has 8 nitrogen and oxygen atoms in total. The van der Waals surface area contributed by atoms with Gasteiger partial charge >= 0.3 is 0 Å². The summed E-state index contributed by atoms with van der Waals surface area (Å²) in [6, 6.07) is 12.6. The number of nitrogens with one attached hydrogen (secondary N) is 1. The summed E-state index contributed by atoms with van der Waals surface area (Å²) < 4.78 is 0. The molecule has 5 N–H and O–H groups in total. The van der Waals surface area contributed by atoms with Crippen LogP contribution in [0.3, 0.4) is 0 Å². The van der Waals surface area contributed by atoms with Crippen molar-refractivity contribution in [3.63, 3.8) is 0 Å². The zero-order valence-electron chi connectivity index (χ0n) is 15.6. The second-order valence-corrected chi connectivity index (χ2v) is 7.19. The van der Waals surface area contributed by atoms with Gasteiger partial charge in [0.05, 0.1) is 17.6 Å². The Morgan fingerprint density at radius 2 is 1.93 bits per heavy atom. The maximum atomic E-state index is 11.2. The highest BCUT2D eigenvalue weighted by atomic mass is 16.6. The number of nitro groups is 1. The van der Waals surface area contributed by atoms with Crippen LogP contribution in [0.4, 0.5) is 17.1 Å². The molecule has 2 aromatic carbocycles. The van der Waals surface area contributed by atoms with Gasteiger partial charge in [0.25, 0.3) is 5.69 Å². The number of anilines is 2. The molecule has 28 heavy (non-hydrogen) atoms. The molecule has 1 saturated heterocycles.